The number of halogens is 1. The molecule has 0 radical (unpaired) electrons. The first-order valence-corrected chi connectivity index (χ1v) is 6.03. The average Bonchev–Trinajstić information content (AvgIpc) is 2.31. The van der Waals surface area contributed by atoms with E-state index in [4.69, 9.17) is 5.73 Å². The zero-order valence-corrected chi connectivity index (χ0v) is 10.7. The van der Waals surface area contributed by atoms with Crippen LogP contribution < -0.4 is 5.73 Å². The van der Waals surface area contributed by atoms with Gasteiger partial charge in [0.15, 0.2) is 0 Å². The molecule has 0 spiro atoms. The maximum atomic E-state index is 13.7. The number of benzene rings is 1. The summed E-state index contributed by atoms with van der Waals surface area (Å²) in [7, 11) is 2.01. The maximum Gasteiger partial charge on any atom is 0.257 e. The molecule has 0 saturated carbocycles. The van der Waals surface area contributed by atoms with Crippen molar-refractivity contribution < 1.29 is 9.18 Å². The molecule has 0 aromatic heterocycles. The van der Waals surface area contributed by atoms with E-state index in [9.17, 15) is 9.18 Å². The molecule has 1 fully saturated rings. The van der Waals surface area contributed by atoms with Crippen LogP contribution in [0.2, 0.25) is 0 Å². The molecule has 4 nitrogen and oxygen atoms in total. The fourth-order valence-electron chi connectivity index (χ4n) is 2.30. The molecule has 1 aromatic rings. The molecule has 2 rings (SSSR count). The van der Waals surface area contributed by atoms with Gasteiger partial charge < -0.3 is 15.5 Å². The first-order chi connectivity index (χ1) is 8.49. The van der Waals surface area contributed by atoms with Crippen LogP contribution in [0, 0.1) is 5.82 Å². The minimum Gasteiger partial charge on any atom is -0.399 e. The summed E-state index contributed by atoms with van der Waals surface area (Å²) in [4.78, 5) is 16.2. The molecular weight excluding hydrogens is 233 g/mol. The van der Waals surface area contributed by atoms with E-state index in [-0.39, 0.29) is 17.5 Å². The van der Waals surface area contributed by atoms with Crippen molar-refractivity contribution in [3.63, 3.8) is 0 Å². The maximum absolute atomic E-state index is 13.7. The highest BCUT2D eigenvalue weighted by atomic mass is 19.1. The minimum absolute atomic E-state index is 0.0615. The van der Waals surface area contributed by atoms with E-state index in [1.165, 1.54) is 18.2 Å². The van der Waals surface area contributed by atoms with Gasteiger partial charge in [-0.05, 0) is 32.2 Å². The molecule has 5 heteroatoms. The van der Waals surface area contributed by atoms with Gasteiger partial charge in [-0.25, -0.2) is 4.39 Å². The summed E-state index contributed by atoms with van der Waals surface area (Å²) in [6.45, 7) is 4.19. The molecule has 1 heterocycles. The zero-order chi connectivity index (χ0) is 13.3. The van der Waals surface area contributed by atoms with Gasteiger partial charge in [0.25, 0.3) is 5.91 Å². The highest BCUT2D eigenvalue weighted by Crippen LogP contribution is 2.17. The van der Waals surface area contributed by atoms with Crippen molar-refractivity contribution in [3.05, 3.63) is 29.6 Å². The third kappa shape index (κ3) is 2.46. The number of nitrogens with zero attached hydrogens (tertiary/aromatic N) is 2. The number of nitrogens with two attached hydrogens (primary N) is 1. The number of carbonyl (C=O) groups excluding carboxylic acids is 1. The third-order valence-corrected chi connectivity index (χ3v) is 3.31. The third-order valence-electron chi connectivity index (χ3n) is 3.31. The van der Waals surface area contributed by atoms with Gasteiger partial charge in [-0.2, -0.15) is 0 Å². The van der Waals surface area contributed by atoms with Gasteiger partial charge in [0.1, 0.15) is 5.82 Å². The highest BCUT2D eigenvalue weighted by Gasteiger charge is 2.28. The van der Waals surface area contributed by atoms with Crippen molar-refractivity contribution in [2.24, 2.45) is 0 Å². The Kier molecular flexibility index (Phi) is 3.52. The molecule has 0 aliphatic carbocycles. The Morgan fingerprint density at radius 2 is 2.17 bits per heavy atom. The van der Waals surface area contributed by atoms with E-state index in [0.717, 1.165) is 13.1 Å². The van der Waals surface area contributed by atoms with E-state index in [1.807, 2.05) is 14.0 Å². The Hall–Kier alpha value is -1.62. The van der Waals surface area contributed by atoms with E-state index in [1.54, 1.807) is 4.90 Å². The quantitative estimate of drug-likeness (QED) is 0.763. The Balaban J connectivity index is 2.23. The molecule has 2 N–H and O–H groups in total. The number of nitrogen functional groups attached to an aromatic ring is 1. The van der Waals surface area contributed by atoms with Crippen molar-refractivity contribution in [2.75, 3.05) is 32.4 Å². The number of rotatable bonds is 1. The topological polar surface area (TPSA) is 49.6 Å². The molecule has 1 aromatic carbocycles. The average molecular weight is 251 g/mol. The van der Waals surface area contributed by atoms with Crippen LogP contribution in [0.5, 0.6) is 0 Å². The Morgan fingerprint density at radius 1 is 1.44 bits per heavy atom. The lowest BCUT2D eigenvalue weighted by Crippen LogP contribution is -2.52. The van der Waals surface area contributed by atoms with Crippen molar-refractivity contribution in [2.45, 2.75) is 13.0 Å². The largest absolute Gasteiger partial charge is 0.399 e. The summed E-state index contributed by atoms with van der Waals surface area (Å²) in [5, 5.41) is 0. The van der Waals surface area contributed by atoms with Gasteiger partial charge in [-0.1, -0.05) is 0 Å². The molecule has 1 amide bonds. The van der Waals surface area contributed by atoms with E-state index in [2.05, 4.69) is 4.90 Å². The van der Waals surface area contributed by atoms with Gasteiger partial charge in [-0.3, -0.25) is 4.79 Å². The second-order valence-electron chi connectivity index (χ2n) is 4.85. The van der Waals surface area contributed by atoms with E-state index < -0.39 is 5.82 Å². The summed E-state index contributed by atoms with van der Waals surface area (Å²) in [6.07, 6.45) is 0. The van der Waals surface area contributed by atoms with Crippen LogP contribution in [0.25, 0.3) is 0 Å². The van der Waals surface area contributed by atoms with Crippen LogP contribution in [-0.4, -0.2) is 48.4 Å². The fourth-order valence-corrected chi connectivity index (χ4v) is 2.30. The molecule has 1 aliphatic rings. The second kappa shape index (κ2) is 4.94. The molecule has 1 atom stereocenters. The van der Waals surface area contributed by atoms with E-state index >= 15 is 0 Å². The molecule has 1 aliphatic heterocycles. The Morgan fingerprint density at radius 3 is 2.83 bits per heavy atom. The first kappa shape index (κ1) is 12.8. The predicted molar refractivity (Wildman–Crippen MR) is 68.8 cm³/mol. The van der Waals surface area contributed by atoms with Crippen LogP contribution in [0.3, 0.4) is 0 Å². The number of piperazine rings is 1. The van der Waals surface area contributed by atoms with E-state index in [0.29, 0.717) is 12.2 Å². The summed E-state index contributed by atoms with van der Waals surface area (Å²) in [5.41, 5.74) is 6.07. The van der Waals surface area contributed by atoms with Crippen LogP contribution in [-0.2, 0) is 0 Å². The number of anilines is 1. The normalized spacial score (nSPS) is 21.1. The van der Waals surface area contributed by atoms with Crippen molar-refractivity contribution >= 4 is 11.6 Å². The van der Waals surface area contributed by atoms with Gasteiger partial charge in [0, 0.05) is 31.4 Å². The minimum atomic E-state index is -0.514. The SMILES string of the molecule is CC1CN(C)CCN1C(=O)c1cc(N)ccc1F. The number of likely N-dealkylation sites (N-methyl/N-ethyl adjacent to an activating group) is 1. The van der Waals surface area contributed by atoms with Crippen LogP contribution >= 0.6 is 0 Å². The molecule has 18 heavy (non-hydrogen) atoms. The van der Waals surface area contributed by atoms with Crippen molar-refractivity contribution in [1.82, 2.24) is 9.80 Å². The lowest BCUT2D eigenvalue weighted by atomic mass is 10.1. The zero-order valence-electron chi connectivity index (χ0n) is 10.7. The molecule has 1 saturated heterocycles. The fraction of sp³-hybridized carbons (Fsp3) is 0.462. The summed E-state index contributed by atoms with van der Waals surface area (Å²) in [5.74, 6) is -0.791. The first-order valence-electron chi connectivity index (χ1n) is 6.03. The summed E-state index contributed by atoms with van der Waals surface area (Å²) >= 11 is 0. The van der Waals surface area contributed by atoms with Crippen LogP contribution in [0.4, 0.5) is 10.1 Å². The highest BCUT2D eigenvalue weighted by molar-refractivity contribution is 5.95. The molecule has 98 valence electrons. The standard InChI is InChI=1S/C13H18FN3O/c1-9-8-16(2)5-6-17(9)13(18)11-7-10(15)3-4-12(11)14/h3-4,7,9H,5-6,8,15H2,1-2H3. The summed E-state index contributed by atoms with van der Waals surface area (Å²) < 4.78 is 13.7. The number of hydrogen-bond acceptors (Lipinski definition) is 3. The van der Waals surface area contributed by atoms with Crippen molar-refractivity contribution in [3.8, 4) is 0 Å². The second-order valence-corrected chi connectivity index (χ2v) is 4.85. The predicted octanol–water partition coefficient (Wildman–Crippen LogP) is 1.18. The lowest BCUT2D eigenvalue weighted by Gasteiger charge is -2.38. The smallest absolute Gasteiger partial charge is 0.257 e. The Labute approximate surface area is 106 Å². The van der Waals surface area contributed by atoms with Gasteiger partial charge in [0.05, 0.1) is 5.56 Å². The number of carbonyl (C=O) groups is 1. The number of amides is 1. The number of hydrogen-bond donors (Lipinski definition) is 1. The van der Waals surface area contributed by atoms with Gasteiger partial charge in [0.2, 0.25) is 0 Å². The van der Waals surface area contributed by atoms with Crippen molar-refractivity contribution in [1.29, 1.82) is 0 Å². The van der Waals surface area contributed by atoms with Gasteiger partial charge >= 0.3 is 0 Å². The summed E-state index contributed by atoms with van der Waals surface area (Å²) in [6, 6.07) is 4.18. The lowest BCUT2D eigenvalue weighted by molar-refractivity contribution is 0.0529. The molecule has 0 bridgehead atoms. The molecular formula is C13H18FN3O. The van der Waals surface area contributed by atoms with Crippen LogP contribution in [0.1, 0.15) is 17.3 Å². The van der Waals surface area contributed by atoms with Gasteiger partial charge in [-0.15, -0.1) is 0 Å². The van der Waals surface area contributed by atoms with Crippen LogP contribution in [0.15, 0.2) is 18.2 Å². The monoisotopic (exact) mass is 251 g/mol. The Bertz CT molecular complexity index is 464. The molecule has 1 unspecified atom stereocenters.